The van der Waals surface area contributed by atoms with Crippen molar-refractivity contribution in [1.29, 1.82) is 0 Å². The third-order valence-electron chi connectivity index (χ3n) is 1.67. The number of hydrogen-bond donors (Lipinski definition) is 1. The van der Waals surface area contributed by atoms with Gasteiger partial charge in [0.1, 0.15) is 0 Å². The molecule has 0 aliphatic heterocycles. The highest BCUT2D eigenvalue weighted by molar-refractivity contribution is 5.23. The normalized spacial score (nSPS) is 9.75. The molecule has 0 heterocycles. The summed E-state index contributed by atoms with van der Waals surface area (Å²) in [5, 5.41) is 9.06. The quantitative estimate of drug-likeness (QED) is 0.722. The first-order valence-electron chi connectivity index (χ1n) is 4.06. The lowest BCUT2D eigenvalue weighted by atomic mass is 10.2. The maximum absolute atomic E-state index is 11.1. The van der Waals surface area contributed by atoms with Crippen molar-refractivity contribution in [1.82, 2.24) is 0 Å². The number of rotatable bonds is 2. The minimum atomic E-state index is -0.302. The van der Waals surface area contributed by atoms with E-state index in [0.717, 1.165) is 18.4 Å². The van der Waals surface area contributed by atoms with Gasteiger partial charge in [-0.05, 0) is 24.1 Å². The Morgan fingerprint density at radius 3 is 2.83 bits per heavy atom. The van der Waals surface area contributed by atoms with Crippen molar-refractivity contribution in [2.45, 2.75) is 19.8 Å². The van der Waals surface area contributed by atoms with Gasteiger partial charge in [0.15, 0.2) is 5.75 Å². The Kier molecular flexibility index (Phi) is 2.86. The second-order valence-corrected chi connectivity index (χ2v) is 2.74. The minimum Gasteiger partial charge on any atom is -0.504 e. The summed E-state index contributed by atoms with van der Waals surface area (Å²) in [6.07, 6.45) is 1.88. The largest absolute Gasteiger partial charge is 0.504 e. The number of hydrogen-bond acceptors (Lipinski definition) is 2. The Bertz CT molecular complexity index is 318. The van der Waals surface area contributed by atoms with Crippen molar-refractivity contribution in [3.8, 4) is 5.75 Å². The molecule has 1 N–H and O–H groups in total. The first-order valence-corrected chi connectivity index (χ1v) is 4.06. The molecule has 0 radical (unpaired) electrons. The van der Waals surface area contributed by atoms with Crippen LogP contribution in [0.3, 0.4) is 0 Å². The van der Waals surface area contributed by atoms with Crippen LogP contribution < -0.4 is 5.43 Å². The molecule has 1 aromatic carbocycles. The van der Waals surface area contributed by atoms with Crippen LogP contribution in [0.2, 0.25) is 0 Å². The van der Waals surface area contributed by atoms with Gasteiger partial charge in [0.2, 0.25) is 5.43 Å². The van der Waals surface area contributed by atoms with Gasteiger partial charge < -0.3 is 5.11 Å². The van der Waals surface area contributed by atoms with Crippen LogP contribution in [0, 0.1) is 0 Å². The third kappa shape index (κ3) is 2.09. The average Bonchev–Trinajstić information content (AvgIpc) is 2.16. The Labute approximate surface area is 71.5 Å². The summed E-state index contributed by atoms with van der Waals surface area (Å²) in [6.45, 7) is 2.05. The van der Waals surface area contributed by atoms with Gasteiger partial charge in [0, 0.05) is 0 Å². The lowest BCUT2D eigenvalue weighted by Gasteiger charge is -1.89. The van der Waals surface area contributed by atoms with Crippen LogP contribution in [0.5, 0.6) is 5.75 Å². The summed E-state index contributed by atoms with van der Waals surface area (Å²) in [7, 11) is 0. The first-order chi connectivity index (χ1) is 5.74. The molecule has 0 aromatic heterocycles. The van der Waals surface area contributed by atoms with E-state index in [1.807, 2.05) is 6.07 Å². The zero-order chi connectivity index (χ0) is 8.97. The minimum absolute atomic E-state index is 0.183. The van der Waals surface area contributed by atoms with Gasteiger partial charge in [-0.15, -0.1) is 0 Å². The van der Waals surface area contributed by atoms with Crippen LogP contribution in [-0.4, -0.2) is 5.11 Å². The Hall–Kier alpha value is -1.31. The highest BCUT2D eigenvalue weighted by Gasteiger charge is 1.94. The van der Waals surface area contributed by atoms with E-state index < -0.39 is 0 Å². The smallest absolute Gasteiger partial charge is 0.220 e. The molecule has 0 saturated heterocycles. The lowest BCUT2D eigenvalue weighted by Crippen LogP contribution is -1.95. The summed E-state index contributed by atoms with van der Waals surface area (Å²) in [4.78, 5) is 11.1. The van der Waals surface area contributed by atoms with E-state index >= 15 is 0 Å². The molecule has 0 amide bonds. The Morgan fingerprint density at radius 1 is 1.42 bits per heavy atom. The SMILES string of the molecule is CCCc1cccc(O)c(=O)c1. The Morgan fingerprint density at radius 2 is 2.17 bits per heavy atom. The molecule has 2 heteroatoms. The number of aryl methyl sites for hydroxylation is 1. The van der Waals surface area contributed by atoms with Gasteiger partial charge in [-0.25, -0.2) is 0 Å². The monoisotopic (exact) mass is 164 g/mol. The molecule has 0 bridgehead atoms. The van der Waals surface area contributed by atoms with E-state index in [2.05, 4.69) is 6.92 Å². The summed E-state index contributed by atoms with van der Waals surface area (Å²) < 4.78 is 0. The summed E-state index contributed by atoms with van der Waals surface area (Å²) >= 11 is 0. The molecular formula is C10H12O2. The fourth-order valence-electron chi connectivity index (χ4n) is 1.08. The maximum atomic E-state index is 11.1. The lowest BCUT2D eigenvalue weighted by molar-refractivity contribution is 0.471. The topological polar surface area (TPSA) is 37.3 Å². The molecule has 1 aromatic rings. The van der Waals surface area contributed by atoms with Crippen molar-refractivity contribution in [3.63, 3.8) is 0 Å². The predicted molar refractivity (Wildman–Crippen MR) is 48.4 cm³/mol. The van der Waals surface area contributed by atoms with Gasteiger partial charge in [-0.3, -0.25) is 4.79 Å². The summed E-state index contributed by atoms with van der Waals surface area (Å²) in [5.74, 6) is -0.183. The van der Waals surface area contributed by atoms with Crippen LogP contribution in [0.4, 0.5) is 0 Å². The van der Waals surface area contributed by atoms with Crippen LogP contribution in [0.1, 0.15) is 18.9 Å². The fourth-order valence-corrected chi connectivity index (χ4v) is 1.08. The van der Waals surface area contributed by atoms with Gasteiger partial charge in [0.25, 0.3) is 0 Å². The van der Waals surface area contributed by atoms with Crippen LogP contribution in [0.15, 0.2) is 29.1 Å². The molecule has 12 heavy (non-hydrogen) atoms. The molecule has 0 aliphatic carbocycles. The molecule has 1 rings (SSSR count). The zero-order valence-electron chi connectivity index (χ0n) is 7.08. The fraction of sp³-hybridized carbons (Fsp3) is 0.300. The van der Waals surface area contributed by atoms with E-state index in [9.17, 15) is 4.79 Å². The molecule has 0 fully saturated rings. The summed E-state index contributed by atoms with van der Waals surface area (Å²) in [5.41, 5.74) is 0.672. The second kappa shape index (κ2) is 3.90. The van der Waals surface area contributed by atoms with Gasteiger partial charge in [0.05, 0.1) is 0 Å². The van der Waals surface area contributed by atoms with Crippen LogP contribution >= 0.6 is 0 Å². The maximum Gasteiger partial charge on any atom is 0.220 e. The molecule has 0 unspecified atom stereocenters. The van der Waals surface area contributed by atoms with E-state index in [1.54, 1.807) is 6.07 Å². The summed E-state index contributed by atoms with van der Waals surface area (Å²) in [6, 6.07) is 6.45. The van der Waals surface area contributed by atoms with Gasteiger partial charge in [-0.2, -0.15) is 0 Å². The third-order valence-corrected chi connectivity index (χ3v) is 1.67. The van der Waals surface area contributed by atoms with Gasteiger partial charge >= 0.3 is 0 Å². The van der Waals surface area contributed by atoms with Crippen molar-refractivity contribution < 1.29 is 5.11 Å². The molecule has 0 atom stereocenters. The van der Waals surface area contributed by atoms with Crippen molar-refractivity contribution in [3.05, 3.63) is 40.1 Å². The van der Waals surface area contributed by atoms with E-state index in [4.69, 9.17) is 5.11 Å². The van der Waals surface area contributed by atoms with Crippen molar-refractivity contribution in [2.24, 2.45) is 0 Å². The molecule has 64 valence electrons. The van der Waals surface area contributed by atoms with Crippen molar-refractivity contribution in [2.75, 3.05) is 0 Å². The van der Waals surface area contributed by atoms with Gasteiger partial charge in [-0.1, -0.05) is 25.5 Å². The molecular weight excluding hydrogens is 152 g/mol. The average molecular weight is 164 g/mol. The first kappa shape index (κ1) is 8.78. The highest BCUT2D eigenvalue weighted by atomic mass is 16.3. The molecule has 0 aliphatic rings. The van der Waals surface area contributed by atoms with Crippen LogP contribution in [0.25, 0.3) is 0 Å². The highest BCUT2D eigenvalue weighted by Crippen LogP contribution is 2.02. The van der Waals surface area contributed by atoms with Crippen LogP contribution in [-0.2, 0) is 6.42 Å². The molecule has 0 spiro atoms. The number of aromatic hydroxyl groups is 1. The Balaban J connectivity index is 3.13. The van der Waals surface area contributed by atoms with Crippen molar-refractivity contribution >= 4 is 0 Å². The van der Waals surface area contributed by atoms with E-state index in [0.29, 0.717) is 0 Å². The molecule has 2 nitrogen and oxygen atoms in total. The second-order valence-electron chi connectivity index (χ2n) is 2.74. The standard InChI is InChI=1S/C10H12O2/c1-2-4-8-5-3-6-9(11)10(12)7-8/h3,5-7H,2,4H2,1H3,(H,11,12). The van der Waals surface area contributed by atoms with E-state index in [-0.39, 0.29) is 11.2 Å². The van der Waals surface area contributed by atoms with E-state index in [1.165, 1.54) is 12.1 Å². The zero-order valence-corrected chi connectivity index (χ0v) is 7.08. The molecule has 0 saturated carbocycles. The predicted octanol–water partition coefficient (Wildman–Crippen LogP) is 1.70.